The molecule has 1 saturated heterocycles. The number of rotatable bonds is 4. The standard InChI is InChI=1S/C34H52O3Si/c1-31(2,3)23-17-21(18-24(29(23)36-13)32(4,5)6)27-15-16-28(38(27)35)22-19-25(33(7,8)9)30(37-14)26(20-22)34(10,11)12/h17-20,27-28H,15-16H2,1-14H3. The van der Waals surface area contributed by atoms with E-state index in [-0.39, 0.29) is 32.7 Å². The number of benzene rings is 2. The van der Waals surface area contributed by atoms with E-state index in [1.807, 2.05) is 0 Å². The highest BCUT2D eigenvalue weighted by atomic mass is 28.3. The molecule has 3 nitrogen and oxygen atoms in total. The molecule has 4 heteroatoms. The van der Waals surface area contributed by atoms with E-state index in [9.17, 15) is 4.46 Å². The molecule has 2 aromatic rings. The molecule has 0 N–H and O–H groups in total. The molecule has 0 radical (unpaired) electrons. The van der Waals surface area contributed by atoms with Crippen molar-refractivity contribution in [3.8, 4) is 11.5 Å². The van der Waals surface area contributed by atoms with Crippen molar-refractivity contribution in [3.05, 3.63) is 57.6 Å². The summed E-state index contributed by atoms with van der Waals surface area (Å²) >= 11 is 0. The summed E-state index contributed by atoms with van der Waals surface area (Å²) in [4.78, 5) is 0. The molecule has 38 heavy (non-hydrogen) atoms. The van der Waals surface area contributed by atoms with Crippen LogP contribution < -0.4 is 9.47 Å². The van der Waals surface area contributed by atoms with Crippen molar-refractivity contribution in [2.24, 2.45) is 0 Å². The molecular weight excluding hydrogens is 484 g/mol. The summed E-state index contributed by atoms with van der Waals surface area (Å²) in [7, 11) is 1.60. The average Bonchev–Trinajstić information content (AvgIpc) is 3.15. The Morgan fingerprint density at radius 2 is 0.789 bits per heavy atom. The van der Waals surface area contributed by atoms with E-state index in [0.29, 0.717) is 0 Å². The molecule has 1 aliphatic heterocycles. The van der Waals surface area contributed by atoms with Gasteiger partial charge in [-0.3, -0.25) is 0 Å². The molecule has 0 aromatic heterocycles. The number of hydrogen-bond donors (Lipinski definition) is 0. The lowest BCUT2D eigenvalue weighted by Gasteiger charge is -2.31. The van der Waals surface area contributed by atoms with Crippen molar-refractivity contribution in [2.45, 2.75) is 129 Å². The molecular formula is C34H52O3Si. The molecule has 1 aliphatic rings. The molecule has 3 rings (SSSR count). The van der Waals surface area contributed by atoms with Crippen LogP contribution in [0.5, 0.6) is 11.5 Å². The first-order valence-electron chi connectivity index (χ1n) is 14.2. The lowest BCUT2D eigenvalue weighted by atomic mass is 9.77. The predicted molar refractivity (Wildman–Crippen MR) is 162 cm³/mol. The third kappa shape index (κ3) is 5.95. The van der Waals surface area contributed by atoms with Gasteiger partial charge in [0.05, 0.1) is 14.2 Å². The molecule has 2 atom stereocenters. The minimum Gasteiger partial charge on any atom is -0.496 e. The zero-order valence-corrected chi connectivity index (χ0v) is 27.6. The highest BCUT2D eigenvalue weighted by Crippen LogP contribution is 2.48. The quantitative estimate of drug-likeness (QED) is 0.366. The Morgan fingerprint density at radius 1 is 0.553 bits per heavy atom. The number of hydrogen-bond acceptors (Lipinski definition) is 3. The maximum Gasteiger partial charge on any atom is 0.292 e. The van der Waals surface area contributed by atoms with Crippen LogP contribution in [0.15, 0.2) is 24.3 Å². The van der Waals surface area contributed by atoms with Gasteiger partial charge in [0.1, 0.15) is 11.5 Å². The van der Waals surface area contributed by atoms with Gasteiger partial charge in [0.15, 0.2) is 0 Å². The van der Waals surface area contributed by atoms with Gasteiger partial charge in [-0.2, -0.15) is 0 Å². The molecule has 0 saturated carbocycles. The highest BCUT2D eigenvalue weighted by Gasteiger charge is 2.41. The molecule has 0 bridgehead atoms. The van der Waals surface area contributed by atoms with Crippen LogP contribution in [0.2, 0.25) is 0 Å². The molecule has 0 amide bonds. The van der Waals surface area contributed by atoms with Gasteiger partial charge >= 0.3 is 0 Å². The lowest BCUT2D eigenvalue weighted by Crippen LogP contribution is -2.23. The average molecular weight is 537 g/mol. The summed E-state index contributed by atoms with van der Waals surface area (Å²) in [6.45, 7) is 26.8. The maximum atomic E-state index is 14.4. The van der Waals surface area contributed by atoms with Gasteiger partial charge in [-0.1, -0.05) is 107 Å². The van der Waals surface area contributed by atoms with Gasteiger partial charge < -0.3 is 13.9 Å². The van der Waals surface area contributed by atoms with E-state index in [4.69, 9.17) is 9.47 Å². The van der Waals surface area contributed by atoms with Crippen molar-refractivity contribution in [3.63, 3.8) is 0 Å². The number of ether oxygens (including phenoxy) is 2. The van der Waals surface area contributed by atoms with Crippen LogP contribution in [-0.2, 0) is 26.1 Å². The first-order valence-corrected chi connectivity index (χ1v) is 15.8. The molecule has 1 fully saturated rings. The molecule has 1 heterocycles. The topological polar surface area (TPSA) is 35.5 Å². The minimum absolute atomic E-state index is 0.0750. The zero-order chi connectivity index (χ0) is 29.0. The largest absolute Gasteiger partial charge is 0.496 e. The summed E-state index contributed by atoms with van der Waals surface area (Å²) in [5, 5.41) is 0. The second-order valence-corrected chi connectivity index (χ2v) is 17.6. The summed E-state index contributed by atoms with van der Waals surface area (Å²) in [6.07, 6.45) is 1.90. The van der Waals surface area contributed by atoms with E-state index in [2.05, 4.69) is 107 Å². The Hall–Kier alpha value is -1.94. The molecule has 2 aromatic carbocycles. The second kappa shape index (κ2) is 10.2. The van der Waals surface area contributed by atoms with Crippen molar-refractivity contribution in [1.82, 2.24) is 0 Å². The lowest BCUT2D eigenvalue weighted by molar-refractivity contribution is 0.380. The second-order valence-electron chi connectivity index (χ2n) is 15.4. The van der Waals surface area contributed by atoms with E-state index in [1.54, 1.807) is 14.2 Å². The van der Waals surface area contributed by atoms with Crippen LogP contribution in [0.25, 0.3) is 0 Å². The van der Waals surface area contributed by atoms with Crippen LogP contribution in [0.1, 0.15) is 140 Å². The van der Waals surface area contributed by atoms with Crippen LogP contribution in [-0.4, -0.2) is 22.9 Å². The Balaban J connectivity index is 2.17. The normalized spacial score (nSPS) is 19.2. The van der Waals surface area contributed by atoms with Gasteiger partial charge in [-0.15, -0.1) is 0 Å². The third-order valence-corrected chi connectivity index (χ3v) is 10.7. The highest BCUT2D eigenvalue weighted by molar-refractivity contribution is 6.48. The summed E-state index contributed by atoms with van der Waals surface area (Å²) < 4.78 is 26.4. The van der Waals surface area contributed by atoms with E-state index < -0.39 is 8.68 Å². The van der Waals surface area contributed by atoms with Crippen molar-refractivity contribution in [2.75, 3.05) is 14.2 Å². The van der Waals surface area contributed by atoms with E-state index in [0.717, 1.165) is 24.3 Å². The van der Waals surface area contributed by atoms with Gasteiger partial charge in [-0.05, 0) is 45.6 Å². The summed E-state index contributed by atoms with van der Waals surface area (Å²) in [5.74, 6) is 1.95. The van der Waals surface area contributed by atoms with Crippen molar-refractivity contribution in [1.29, 1.82) is 0 Å². The van der Waals surface area contributed by atoms with Crippen LogP contribution in [0.3, 0.4) is 0 Å². The first-order chi connectivity index (χ1) is 17.2. The van der Waals surface area contributed by atoms with Gasteiger partial charge in [-0.25, -0.2) is 0 Å². The van der Waals surface area contributed by atoms with Crippen molar-refractivity contribution >= 4 is 8.68 Å². The minimum atomic E-state index is -1.95. The number of methoxy groups -OCH3 is 2. The van der Waals surface area contributed by atoms with Gasteiger partial charge in [0.25, 0.3) is 8.68 Å². The van der Waals surface area contributed by atoms with Crippen LogP contribution in [0.4, 0.5) is 0 Å². The fourth-order valence-corrected chi connectivity index (χ4v) is 8.27. The Bertz CT molecular complexity index is 1030. The summed E-state index contributed by atoms with van der Waals surface area (Å²) in [6, 6.07) is 9.16. The fraction of sp³-hybridized carbons (Fsp3) is 0.647. The fourth-order valence-electron chi connectivity index (χ4n) is 5.90. The smallest absolute Gasteiger partial charge is 0.292 e. The molecule has 210 valence electrons. The van der Waals surface area contributed by atoms with E-state index >= 15 is 0 Å². The monoisotopic (exact) mass is 536 g/mol. The predicted octanol–water partition coefficient (Wildman–Crippen LogP) is 9.06. The van der Waals surface area contributed by atoms with Crippen LogP contribution >= 0.6 is 0 Å². The third-order valence-electron chi connectivity index (χ3n) is 8.10. The Labute approximate surface area is 234 Å². The van der Waals surface area contributed by atoms with Crippen molar-refractivity contribution < 1.29 is 13.9 Å². The van der Waals surface area contributed by atoms with Gasteiger partial charge in [0, 0.05) is 33.3 Å². The SMILES string of the molecule is COc1c(C(C)(C)C)cc(C2CCC(c3cc(C(C)(C)C)c(OC)c(C(C)(C)C)c3)[Si]2=O)cc1C(C)(C)C. The zero-order valence-electron chi connectivity index (χ0n) is 26.6. The molecule has 2 unspecified atom stereocenters. The maximum absolute atomic E-state index is 14.4. The molecule has 0 spiro atoms. The Morgan fingerprint density at radius 3 is 0.974 bits per heavy atom. The molecule has 0 aliphatic carbocycles. The van der Waals surface area contributed by atoms with E-state index in [1.165, 1.54) is 33.4 Å². The Kier molecular flexibility index (Phi) is 8.23. The summed E-state index contributed by atoms with van der Waals surface area (Å²) in [5.41, 5.74) is 7.11. The van der Waals surface area contributed by atoms with Gasteiger partial charge in [0.2, 0.25) is 0 Å². The van der Waals surface area contributed by atoms with Crippen LogP contribution in [0, 0.1) is 0 Å². The first kappa shape index (κ1) is 30.6.